The first-order valence-electron chi connectivity index (χ1n) is 17.0. The van der Waals surface area contributed by atoms with Gasteiger partial charge in [0.05, 0.1) is 5.69 Å². The number of allylic oxidation sites excluding steroid dienone is 6. The summed E-state index contributed by atoms with van der Waals surface area (Å²) in [4.78, 5) is 19.6. The third kappa shape index (κ3) is 7.61. The van der Waals surface area contributed by atoms with E-state index in [1.54, 1.807) is 6.20 Å². The Labute approximate surface area is 299 Å². The van der Waals surface area contributed by atoms with Crippen LogP contribution in [0.2, 0.25) is 0 Å². The summed E-state index contributed by atoms with van der Waals surface area (Å²) in [5, 5.41) is 0. The fourth-order valence-electron chi connectivity index (χ4n) is 6.01. The molecule has 0 N–H and O–H groups in total. The van der Waals surface area contributed by atoms with Gasteiger partial charge in [0.25, 0.3) is 0 Å². The SMILES string of the molecule is C=C(/C=C\C=C/C)/C(=C(/c1ccccc1)c1cccc(-c2nc(-c3ccccc3)nc(-c3ccc(-c4ccccn4)cc3)n2)c1)c1ccccc1. The van der Waals surface area contributed by atoms with Gasteiger partial charge in [0.1, 0.15) is 0 Å². The molecule has 0 saturated carbocycles. The van der Waals surface area contributed by atoms with Gasteiger partial charge >= 0.3 is 0 Å². The molecule has 0 aliphatic carbocycles. The number of pyridine rings is 1. The predicted molar refractivity (Wildman–Crippen MR) is 211 cm³/mol. The van der Waals surface area contributed by atoms with E-state index in [1.807, 2.05) is 97.9 Å². The minimum Gasteiger partial charge on any atom is -0.256 e. The maximum absolute atomic E-state index is 5.07. The van der Waals surface area contributed by atoms with Crippen LogP contribution < -0.4 is 0 Å². The molecule has 5 aromatic carbocycles. The molecule has 0 saturated heterocycles. The molecule has 0 aliphatic heterocycles. The smallest absolute Gasteiger partial charge is 0.164 e. The maximum atomic E-state index is 5.07. The molecule has 244 valence electrons. The lowest BCUT2D eigenvalue weighted by molar-refractivity contribution is 1.07. The first kappa shape index (κ1) is 32.8. The van der Waals surface area contributed by atoms with Crippen molar-refractivity contribution >= 4 is 11.1 Å². The van der Waals surface area contributed by atoms with Crippen molar-refractivity contribution in [2.24, 2.45) is 0 Å². The number of benzene rings is 5. The molecule has 2 heterocycles. The number of hydrogen-bond acceptors (Lipinski definition) is 4. The average Bonchev–Trinajstić information content (AvgIpc) is 3.21. The van der Waals surface area contributed by atoms with Gasteiger partial charge < -0.3 is 0 Å². The third-order valence-electron chi connectivity index (χ3n) is 8.48. The topological polar surface area (TPSA) is 51.6 Å². The van der Waals surface area contributed by atoms with E-state index in [4.69, 9.17) is 15.0 Å². The van der Waals surface area contributed by atoms with Crippen molar-refractivity contribution in [3.63, 3.8) is 0 Å². The molecule has 0 spiro atoms. The zero-order valence-corrected chi connectivity index (χ0v) is 28.4. The largest absolute Gasteiger partial charge is 0.256 e. The summed E-state index contributed by atoms with van der Waals surface area (Å²) < 4.78 is 0. The molecule has 7 rings (SSSR count). The molecule has 4 heteroatoms. The zero-order chi connectivity index (χ0) is 34.8. The molecule has 2 aromatic heterocycles. The Morgan fingerprint density at radius 1 is 0.490 bits per heavy atom. The van der Waals surface area contributed by atoms with Gasteiger partial charge in [-0.25, -0.2) is 15.0 Å². The summed E-state index contributed by atoms with van der Waals surface area (Å²) >= 11 is 0. The average molecular weight is 657 g/mol. The third-order valence-corrected chi connectivity index (χ3v) is 8.48. The van der Waals surface area contributed by atoms with Crippen molar-refractivity contribution in [1.29, 1.82) is 0 Å². The lowest BCUT2D eigenvalue weighted by atomic mass is 9.85. The van der Waals surface area contributed by atoms with Crippen molar-refractivity contribution in [3.05, 3.63) is 217 Å². The molecule has 0 fully saturated rings. The predicted octanol–water partition coefficient (Wildman–Crippen LogP) is 11.6. The Hall–Kier alpha value is -6.78. The molecular formula is C47H36N4. The van der Waals surface area contributed by atoms with E-state index in [9.17, 15) is 0 Å². The van der Waals surface area contributed by atoms with Crippen LogP contribution in [0.5, 0.6) is 0 Å². The van der Waals surface area contributed by atoms with Crippen LogP contribution in [0.25, 0.3) is 56.6 Å². The van der Waals surface area contributed by atoms with Crippen LogP contribution in [0.15, 0.2) is 200 Å². The standard InChI is InChI=1S/C47H36N4/c1-3-4-8-18-34(2)43(36-19-9-5-10-20-36)44(37-21-11-6-12-22-37)40-25-17-26-41(33-40)47-50-45(38-23-13-7-14-24-38)49-46(51-47)39-30-28-35(29-31-39)42-27-15-16-32-48-42/h3-33H,2H2,1H3/b4-3-,18-8-,44-43+. The summed E-state index contributed by atoms with van der Waals surface area (Å²) in [5.41, 5.74) is 10.9. The molecule has 0 radical (unpaired) electrons. The Balaban J connectivity index is 1.40. The molecule has 7 aromatic rings. The number of hydrogen-bond donors (Lipinski definition) is 0. The first-order chi connectivity index (χ1) is 25.2. The molecule has 0 amide bonds. The Morgan fingerprint density at radius 2 is 1.02 bits per heavy atom. The zero-order valence-electron chi connectivity index (χ0n) is 28.4. The van der Waals surface area contributed by atoms with Crippen LogP contribution in [0.3, 0.4) is 0 Å². The summed E-state index contributed by atoms with van der Waals surface area (Å²) in [6, 6.07) is 53.6. The van der Waals surface area contributed by atoms with E-state index in [2.05, 4.69) is 103 Å². The van der Waals surface area contributed by atoms with Crippen molar-refractivity contribution in [2.75, 3.05) is 0 Å². The lowest BCUT2D eigenvalue weighted by Crippen LogP contribution is -2.01. The van der Waals surface area contributed by atoms with Gasteiger partial charge in [0.15, 0.2) is 17.5 Å². The molecule has 0 aliphatic rings. The number of rotatable bonds is 10. The van der Waals surface area contributed by atoms with E-state index in [0.717, 1.165) is 61.4 Å². The van der Waals surface area contributed by atoms with Crippen LogP contribution in [-0.4, -0.2) is 19.9 Å². The highest BCUT2D eigenvalue weighted by atomic mass is 15.0. The second-order valence-corrected chi connectivity index (χ2v) is 11.9. The van der Waals surface area contributed by atoms with Gasteiger partial charge in [-0.2, -0.15) is 0 Å². The maximum Gasteiger partial charge on any atom is 0.164 e. The first-order valence-corrected chi connectivity index (χ1v) is 17.0. The molecule has 0 bridgehead atoms. The number of nitrogens with zero attached hydrogens (tertiary/aromatic N) is 4. The fraction of sp³-hybridized carbons (Fsp3) is 0.0213. The minimum absolute atomic E-state index is 0.593. The van der Waals surface area contributed by atoms with Crippen LogP contribution in [-0.2, 0) is 0 Å². The quantitative estimate of drug-likeness (QED) is 0.109. The van der Waals surface area contributed by atoms with E-state index in [-0.39, 0.29) is 0 Å². The van der Waals surface area contributed by atoms with Crippen LogP contribution >= 0.6 is 0 Å². The molecule has 0 unspecified atom stereocenters. The summed E-state index contributed by atoms with van der Waals surface area (Å²) in [5.74, 6) is 1.80. The molecular weight excluding hydrogens is 621 g/mol. The van der Waals surface area contributed by atoms with Gasteiger partial charge in [-0.05, 0) is 58.5 Å². The van der Waals surface area contributed by atoms with Crippen molar-refractivity contribution in [1.82, 2.24) is 19.9 Å². The van der Waals surface area contributed by atoms with E-state index in [0.29, 0.717) is 17.5 Å². The van der Waals surface area contributed by atoms with Crippen molar-refractivity contribution in [3.8, 4) is 45.4 Å². The normalized spacial score (nSPS) is 11.9. The van der Waals surface area contributed by atoms with Crippen molar-refractivity contribution < 1.29 is 0 Å². The minimum atomic E-state index is 0.593. The Morgan fingerprint density at radius 3 is 1.65 bits per heavy atom. The highest BCUT2D eigenvalue weighted by Crippen LogP contribution is 2.38. The molecule has 4 nitrogen and oxygen atoms in total. The van der Waals surface area contributed by atoms with Crippen LogP contribution in [0, 0.1) is 0 Å². The van der Waals surface area contributed by atoms with E-state index >= 15 is 0 Å². The van der Waals surface area contributed by atoms with Gasteiger partial charge in [-0.15, -0.1) is 0 Å². The van der Waals surface area contributed by atoms with E-state index in [1.165, 1.54) is 0 Å². The fourth-order valence-corrected chi connectivity index (χ4v) is 6.01. The highest BCUT2D eigenvalue weighted by molar-refractivity contribution is 6.05. The van der Waals surface area contributed by atoms with Crippen LogP contribution in [0.4, 0.5) is 0 Å². The van der Waals surface area contributed by atoms with E-state index < -0.39 is 0 Å². The summed E-state index contributed by atoms with van der Waals surface area (Å²) in [6.45, 7) is 6.57. The van der Waals surface area contributed by atoms with Gasteiger partial charge in [0, 0.05) is 28.5 Å². The molecule has 51 heavy (non-hydrogen) atoms. The summed E-state index contributed by atoms with van der Waals surface area (Å²) in [7, 11) is 0. The molecule has 0 atom stereocenters. The second-order valence-electron chi connectivity index (χ2n) is 11.9. The van der Waals surface area contributed by atoms with Gasteiger partial charge in [-0.1, -0.05) is 170 Å². The lowest BCUT2D eigenvalue weighted by Gasteiger charge is -2.19. The summed E-state index contributed by atoms with van der Waals surface area (Å²) in [6.07, 6.45) is 9.94. The monoisotopic (exact) mass is 656 g/mol. The van der Waals surface area contributed by atoms with Crippen molar-refractivity contribution in [2.45, 2.75) is 6.92 Å². The van der Waals surface area contributed by atoms with Gasteiger partial charge in [0.2, 0.25) is 0 Å². The van der Waals surface area contributed by atoms with Gasteiger partial charge in [-0.3, -0.25) is 4.98 Å². The van der Waals surface area contributed by atoms with Crippen LogP contribution in [0.1, 0.15) is 23.6 Å². The second kappa shape index (κ2) is 15.6. The highest BCUT2D eigenvalue weighted by Gasteiger charge is 2.18. The Kier molecular flexibility index (Phi) is 10.0. The Bertz CT molecular complexity index is 2340. The number of aromatic nitrogens is 4.